The number of primary amides is 1. The highest BCUT2D eigenvalue weighted by Gasteiger charge is 2.44. The van der Waals surface area contributed by atoms with Crippen LogP contribution in [0.4, 0.5) is 15.3 Å². The predicted octanol–water partition coefficient (Wildman–Crippen LogP) is 5.21. The molecule has 12 amide bonds. The van der Waals surface area contributed by atoms with Gasteiger partial charge in [0.2, 0.25) is 53.2 Å². The first-order chi connectivity index (χ1) is 44.9. The minimum Gasteiger partial charge on any atom is -0.445 e. The van der Waals surface area contributed by atoms with E-state index in [4.69, 9.17) is 19.9 Å². The zero-order chi connectivity index (χ0) is 71.0. The summed E-state index contributed by atoms with van der Waals surface area (Å²) in [6.07, 6.45) is 0.559. The Bertz CT molecular complexity index is 2890. The molecule has 0 radical (unpaired) electrons. The highest BCUT2D eigenvalue weighted by Crippen LogP contribution is 2.31. The number of methoxy groups -OCH3 is 2. The number of aliphatic hydroxyl groups excluding tert-OH is 1. The molecule has 0 aromatic heterocycles. The average molecular weight is 1350 g/mol. The number of urea groups is 1. The fraction of sp³-hybridized carbons (Fsp3) is 0.662. The molecule has 95 heavy (non-hydrogen) atoms. The van der Waals surface area contributed by atoms with Crippen LogP contribution < -0.4 is 37.6 Å². The van der Waals surface area contributed by atoms with Gasteiger partial charge in [0.05, 0.1) is 54.0 Å². The maximum Gasteiger partial charge on any atom is 0.410 e. The Morgan fingerprint density at radius 2 is 1.40 bits per heavy atom. The van der Waals surface area contributed by atoms with Crippen LogP contribution in [-0.2, 0) is 64.0 Å². The van der Waals surface area contributed by atoms with Crippen LogP contribution in [0.15, 0.2) is 54.6 Å². The maximum absolute atomic E-state index is 14.8. The molecule has 2 fully saturated rings. The smallest absolute Gasteiger partial charge is 0.410 e. The van der Waals surface area contributed by atoms with Crippen molar-refractivity contribution in [1.82, 2.24) is 46.2 Å². The summed E-state index contributed by atoms with van der Waals surface area (Å²) in [6, 6.07) is 8.73. The van der Waals surface area contributed by atoms with Crippen LogP contribution in [0.25, 0.3) is 0 Å². The summed E-state index contributed by atoms with van der Waals surface area (Å²) in [6.45, 7) is 18.6. The number of ether oxygens (including phenoxy) is 3. The first-order valence-electron chi connectivity index (χ1n) is 33.3. The number of thiol groups is 1. The summed E-state index contributed by atoms with van der Waals surface area (Å²) >= 11 is 4.15. The predicted molar refractivity (Wildman–Crippen MR) is 362 cm³/mol. The third-order valence-corrected chi connectivity index (χ3v) is 18.4. The van der Waals surface area contributed by atoms with Crippen LogP contribution in [-0.4, -0.2) is 198 Å². The van der Waals surface area contributed by atoms with Crippen LogP contribution in [0.2, 0.25) is 0 Å². The number of anilines is 1. The Kier molecular flexibility index (Phi) is 32.9. The number of likely N-dealkylation sites (N-methyl/N-ethyl adjacent to an activating group) is 2. The number of unbranched alkanes of at least 4 members (excludes halogenated alkanes) is 2. The molecular formula is C68H107N11O15S. The number of rotatable bonds is 38. The van der Waals surface area contributed by atoms with Gasteiger partial charge in [-0.1, -0.05) is 118 Å². The SMILES string of the molecule is CC[C@H](C)[C@@H](C(CC(=O)N1CCC[C@H]1[C@H](OC)[C@@H](C)C(=O)NC(C)C(O)c1ccccc1)OC)N(C)C(=O)[C@@H](NC(=O)[C@H](C(C)C)N(C)C(=O)OCc1ccc(NC(=O)[C@H](CCCNC(N)=O)NC(=O)[C@@H](NC(=O)CCCCCN2C(=O)CC(S)C2=O)C(C)C)cc1)C(C)C. The normalized spacial score (nSPS) is 18.3. The van der Waals surface area contributed by atoms with E-state index in [9.17, 15) is 57.8 Å². The van der Waals surface area contributed by atoms with Crippen LogP contribution in [0.5, 0.6) is 0 Å². The van der Waals surface area contributed by atoms with Gasteiger partial charge in [0.25, 0.3) is 0 Å². The van der Waals surface area contributed by atoms with Gasteiger partial charge in [0.1, 0.15) is 30.8 Å². The van der Waals surface area contributed by atoms with E-state index in [2.05, 4.69) is 44.5 Å². The largest absolute Gasteiger partial charge is 0.445 e. The van der Waals surface area contributed by atoms with Gasteiger partial charge in [-0.3, -0.25) is 53.0 Å². The summed E-state index contributed by atoms with van der Waals surface area (Å²) in [5.74, 6) is -5.88. The van der Waals surface area contributed by atoms with Crippen LogP contribution >= 0.6 is 12.6 Å². The quantitative estimate of drug-likeness (QED) is 0.0237. The van der Waals surface area contributed by atoms with Crippen molar-refractivity contribution in [2.75, 3.05) is 53.3 Å². The van der Waals surface area contributed by atoms with Crippen molar-refractivity contribution in [2.24, 2.45) is 35.3 Å². The highest BCUT2D eigenvalue weighted by atomic mass is 32.1. The number of amides is 12. The van der Waals surface area contributed by atoms with Crippen molar-refractivity contribution < 1.29 is 72.1 Å². The third kappa shape index (κ3) is 23.5. The second-order valence-electron chi connectivity index (χ2n) is 26.2. The first-order valence-corrected chi connectivity index (χ1v) is 33.8. The van der Waals surface area contributed by atoms with Gasteiger partial charge in [-0.15, -0.1) is 0 Å². The average Bonchev–Trinajstić information content (AvgIpc) is 1.78. The highest BCUT2D eigenvalue weighted by molar-refractivity contribution is 7.81. The third-order valence-electron chi connectivity index (χ3n) is 18.0. The molecule has 13 atom stereocenters. The minimum atomic E-state index is -1.12. The standard InChI is InChI=1S/C68H107N11O15S/c1-15-42(8)58(50(92-13)36-53(81)78-35-23-27-49(78)60(93-14)43(9)61(84)71-44(10)59(83)46-24-18-16-19-25-46)76(11)66(89)56(40(4)5)75-64(87)57(41(6)7)77(12)68(91)94-38-45-29-31-47(32-30-45)72-62(85)48(26-22-33-70-67(69)90)73-63(86)55(39(2)3)74-52(80)28-20-17-21-34-79-54(82)37-51(95)65(79)88/h16,18-19,24-25,29-32,39-44,48-51,55-60,83,95H,15,17,20-23,26-28,33-38H2,1-14H3,(H,71,84)(H,72,85)(H,73,86)(H,74,80)(H,75,87)(H3,69,70,90)/t42-,43+,44?,48-,49-,50?,51?,55-,56-,57-,58-,59?,60+/m0/s1. The van der Waals surface area contributed by atoms with Gasteiger partial charge in [-0.05, 0) is 92.4 Å². The number of imide groups is 1. The Labute approximate surface area is 566 Å². The van der Waals surface area contributed by atoms with Gasteiger partial charge in [-0.2, -0.15) is 12.6 Å². The van der Waals surface area contributed by atoms with Crippen LogP contribution in [0, 0.1) is 29.6 Å². The van der Waals surface area contributed by atoms with Crippen molar-refractivity contribution in [1.29, 1.82) is 0 Å². The first kappa shape index (κ1) is 80.1. The molecular weight excluding hydrogens is 1240 g/mol. The van der Waals surface area contributed by atoms with Gasteiger partial charge in [-0.25, -0.2) is 9.59 Å². The molecule has 0 spiro atoms. The Morgan fingerprint density at radius 3 is 1.97 bits per heavy atom. The second-order valence-corrected chi connectivity index (χ2v) is 26.8. The lowest BCUT2D eigenvalue weighted by Crippen LogP contribution is -2.60. The van der Waals surface area contributed by atoms with Crippen molar-refractivity contribution in [3.05, 3.63) is 65.7 Å². The Balaban J connectivity index is 1.37. The zero-order valence-electron chi connectivity index (χ0n) is 58.0. The number of nitrogens with zero attached hydrogens (tertiary/aromatic N) is 4. The minimum absolute atomic E-state index is 0.0628. The molecule has 0 aliphatic carbocycles. The molecule has 530 valence electrons. The number of nitrogens with one attached hydrogen (secondary N) is 6. The van der Waals surface area contributed by atoms with E-state index in [0.717, 1.165) is 0 Å². The lowest BCUT2D eigenvalue weighted by Gasteiger charge is -2.41. The molecule has 4 unspecified atom stereocenters. The monoisotopic (exact) mass is 1350 g/mol. The number of hydrogen-bond acceptors (Lipinski definition) is 16. The van der Waals surface area contributed by atoms with Crippen LogP contribution in [0.1, 0.15) is 157 Å². The lowest BCUT2D eigenvalue weighted by atomic mass is 9.89. The van der Waals surface area contributed by atoms with E-state index in [0.29, 0.717) is 61.9 Å². The molecule has 2 heterocycles. The van der Waals surface area contributed by atoms with Gasteiger partial charge < -0.3 is 66.8 Å². The fourth-order valence-corrected chi connectivity index (χ4v) is 12.6. The van der Waals surface area contributed by atoms with Gasteiger partial charge >= 0.3 is 12.1 Å². The van der Waals surface area contributed by atoms with Crippen LogP contribution in [0.3, 0.4) is 0 Å². The summed E-state index contributed by atoms with van der Waals surface area (Å²) in [4.78, 5) is 153. The van der Waals surface area contributed by atoms with E-state index in [1.54, 1.807) is 109 Å². The van der Waals surface area contributed by atoms with Crippen molar-refractivity contribution in [3.8, 4) is 0 Å². The summed E-state index contributed by atoms with van der Waals surface area (Å²) in [7, 11) is 6.08. The molecule has 0 bridgehead atoms. The maximum atomic E-state index is 14.8. The van der Waals surface area contributed by atoms with E-state index in [-0.39, 0.29) is 87.3 Å². The Morgan fingerprint density at radius 1 is 0.747 bits per heavy atom. The molecule has 2 aliphatic rings. The molecule has 2 aliphatic heterocycles. The summed E-state index contributed by atoms with van der Waals surface area (Å²) in [5.41, 5.74) is 6.77. The molecule has 26 nitrogen and oxygen atoms in total. The second kappa shape index (κ2) is 39.0. The lowest BCUT2D eigenvalue weighted by molar-refractivity contribution is -0.148. The van der Waals surface area contributed by atoms with E-state index < -0.39 is 125 Å². The summed E-state index contributed by atoms with van der Waals surface area (Å²) in [5, 5.41) is 27.0. The molecule has 27 heteroatoms. The molecule has 2 aromatic rings. The number of benzene rings is 2. The van der Waals surface area contributed by atoms with Crippen molar-refractivity contribution >= 4 is 83.6 Å². The van der Waals surface area contributed by atoms with Crippen molar-refractivity contribution in [3.63, 3.8) is 0 Å². The molecule has 4 rings (SSSR count). The van der Waals surface area contributed by atoms with Gasteiger partial charge in [0, 0.05) is 66.5 Å². The van der Waals surface area contributed by atoms with Crippen molar-refractivity contribution in [2.45, 2.75) is 212 Å². The fourth-order valence-electron chi connectivity index (χ4n) is 12.3. The number of likely N-dealkylation sites (tertiary alicyclic amines) is 2. The molecule has 2 aromatic carbocycles. The molecule has 9 N–H and O–H groups in total. The number of aliphatic hydroxyl groups is 1. The zero-order valence-corrected chi connectivity index (χ0v) is 58.9. The number of hydrogen-bond donors (Lipinski definition) is 9. The van der Waals surface area contributed by atoms with E-state index in [1.807, 2.05) is 32.0 Å². The summed E-state index contributed by atoms with van der Waals surface area (Å²) < 4.78 is 17.8. The number of carbonyl (C=O) groups is 11. The van der Waals surface area contributed by atoms with E-state index >= 15 is 0 Å². The molecule has 0 saturated carbocycles. The number of carbonyl (C=O) groups excluding carboxylic acids is 11. The molecule has 2 saturated heterocycles. The number of nitrogens with two attached hydrogens (primary N) is 1. The van der Waals surface area contributed by atoms with Gasteiger partial charge in [0.15, 0.2) is 0 Å². The van der Waals surface area contributed by atoms with E-state index in [1.165, 1.54) is 31.1 Å². The Hall–Kier alpha value is -7.36. The topological polar surface area (TPSA) is 347 Å².